The molecule has 0 saturated carbocycles. The van der Waals surface area contributed by atoms with E-state index in [2.05, 4.69) is 9.46 Å². The summed E-state index contributed by atoms with van der Waals surface area (Å²) in [5.41, 5.74) is -0.233. The summed E-state index contributed by atoms with van der Waals surface area (Å²) in [4.78, 5) is 11.0. The summed E-state index contributed by atoms with van der Waals surface area (Å²) >= 11 is 0. The van der Waals surface area contributed by atoms with Crippen molar-refractivity contribution in [3.63, 3.8) is 0 Å². The van der Waals surface area contributed by atoms with E-state index in [-0.39, 0.29) is 18.7 Å². The lowest BCUT2D eigenvalue weighted by molar-refractivity contribution is 0.0596. The van der Waals surface area contributed by atoms with Gasteiger partial charge in [0, 0.05) is 13.2 Å². The van der Waals surface area contributed by atoms with Crippen molar-refractivity contribution < 1.29 is 27.4 Å². The van der Waals surface area contributed by atoms with Crippen molar-refractivity contribution in [3.05, 3.63) is 29.6 Å². The molecular weight excluding hydrogens is 289 g/mol. The number of aliphatic hydroxyl groups is 1. The van der Waals surface area contributed by atoms with E-state index in [1.165, 1.54) is 0 Å². The highest BCUT2D eigenvalue weighted by molar-refractivity contribution is 7.89. The van der Waals surface area contributed by atoms with Gasteiger partial charge in [0.1, 0.15) is 5.82 Å². The third kappa shape index (κ3) is 4.26. The molecule has 0 fully saturated rings. The summed E-state index contributed by atoms with van der Waals surface area (Å²) in [6, 6.07) is 2.81. The average molecular weight is 305 g/mol. The molecule has 0 atom stereocenters. The van der Waals surface area contributed by atoms with E-state index in [0.29, 0.717) is 12.8 Å². The Kier molecular flexibility index (Phi) is 6.05. The molecule has 0 spiro atoms. The number of esters is 1. The fraction of sp³-hybridized carbons (Fsp3) is 0.417. The summed E-state index contributed by atoms with van der Waals surface area (Å²) in [7, 11) is -2.91. The van der Waals surface area contributed by atoms with Gasteiger partial charge in [-0.3, -0.25) is 0 Å². The molecule has 1 rings (SSSR count). The molecule has 0 amide bonds. The van der Waals surface area contributed by atoms with Crippen LogP contribution in [0.3, 0.4) is 0 Å². The van der Waals surface area contributed by atoms with Crippen LogP contribution in [0.1, 0.15) is 23.2 Å². The second kappa shape index (κ2) is 7.32. The number of sulfonamides is 1. The van der Waals surface area contributed by atoms with Crippen LogP contribution in [0.2, 0.25) is 0 Å². The minimum atomic E-state index is -4.02. The van der Waals surface area contributed by atoms with E-state index in [0.717, 1.165) is 25.3 Å². The summed E-state index contributed by atoms with van der Waals surface area (Å²) in [6.07, 6.45) is 0.869. The van der Waals surface area contributed by atoms with Crippen molar-refractivity contribution in [1.29, 1.82) is 0 Å². The normalized spacial score (nSPS) is 11.3. The fourth-order valence-electron chi connectivity index (χ4n) is 1.52. The Labute approximate surface area is 116 Å². The lowest BCUT2D eigenvalue weighted by Crippen LogP contribution is -2.27. The summed E-state index contributed by atoms with van der Waals surface area (Å²) in [6.45, 7) is 0.0368. The highest BCUT2D eigenvalue weighted by Gasteiger charge is 2.23. The molecule has 0 aliphatic heterocycles. The summed E-state index contributed by atoms with van der Waals surface area (Å²) in [5, 5.41) is 8.61. The van der Waals surface area contributed by atoms with Gasteiger partial charge in [-0.05, 0) is 31.0 Å². The Bertz CT molecular complexity index is 573. The molecule has 0 unspecified atom stereocenters. The molecule has 112 valence electrons. The van der Waals surface area contributed by atoms with Gasteiger partial charge < -0.3 is 9.84 Å². The van der Waals surface area contributed by atoms with Crippen LogP contribution in [0.4, 0.5) is 4.39 Å². The van der Waals surface area contributed by atoms with Crippen LogP contribution in [0, 0.1) is 5.82 Å². The van der Waals surface area contributed by atoms with Crippen LogP contribution < -0.4 is 4.72 Å². The monoisotopic (exact) mass is 305 g/mol. The van der Waals surface area contributed by atoms with Crippen molar-refractivity contribution in [2.75, 3.05) is 20.3 Å². The Hall–Kier alpha value is -1.51. The number of methoxy groups -OCH3 is 1. The van der Waals surface area contributed by atoms with Crippen LogP contribution in [0.5, 0.6) is 0 Å². The van der Waals surface area contributed by atoms with Gasteiger partial charge in [-0.1, -0.05) is 0 Å². The quantitative estimate of drug-likeness (QED) is 0.570. The number of benzene rings is 1. The molecular formula is C12H16FNO5S. The first-order valence-electron chi connectivity index (χ1n) is 5.90. The second-order valence-corrected chi connectivity index (χ2v) is 5.70. The van der Waals surface area contributed by atoms with E-state index in [1.807, 2.05) is 0 Å². The molecule has 0 aliphatic carbocycles. The van der Waals surface area contributed by atoms with Crippen molar-refractivity contribution in [1.82, 2.24) is 4.72 Å². The molecule has 8 heteroatoms. The minimum absolute atomic E-state index is 0.0465. The molecule has 6 nitrogen and oxygen atoms in total. The number of halogens is 1. The highest BCUT2D eigenvalue weighted by atomic mass is 32.2. The standard InChI is InChI=1S/C12H16FNO5S/c1-19-12(16)10-5-4-9(13)8-11(10)20(17,18)14-6-2-3-7-15/h4-5,8,14-15H,2-3,6-7H2,1H3. The second-order valence-electron chi connectivity index (χ2n) is 3.96. The first kappa shape index (κ1) is 16.5. The molecule has 2 N–H and O–H groups in total. The van der Waals surface area contributed by atoms with E-state index < -0.39 is 26.7 Å². The molecule has 0 heterocycles. The Morgan fingerprint density at radius 1 is 1.40 bits per heavy atom. The molecule has 0 bridgehead atoms. The number of hydrogen-bond donors (Lipinski definition) is 2. The van der Waals surface area contributed by atoms with Crippen LogP contribution in [0.15, 0.2) is 23.1 Å². The number of hydrogen-bond acceptors (Lipinski definition) is 5. The predicted molar refractivity (Wildman–Crippen MR) is 69.2 cm³/mol. The Balaban J connectivity index is 3.03. The summed E-state index contributed by atoms with van der Waals surface area (Å²) < 4.78 is 44.0. The zero-order valence-corrected chi connectivity index (χ0v) is 11.7. The van der Waals surface area contributed by atoms with Crippen LogP contribution in [-0.2, 0) is 14.8 Å². The van der Waals surface area contributed by atoms with Gasteiger partial charge in [0.05, 0.1) is 17.6 Å². The molecule has 1 aromatic carbocycles. The first-order chi connectivity index (χ1) is 9.42. The lowest BCUT2D eigenvalue weighted by Gasteiger charge is -2.10. The predicted octanol–water partition coefficient (Wildman–Crippen LogP) is 0.663. The number of carbonyl (C=O) groups excluding carboxylic acids is 1. The van der Waals surface area contributed by atoms with E-state index in [9.17, 15) is 17.6 Å². The maximum atomic E-state index is 13.2. The average Bonchev–Trinajstić information content (AvgIpc) is 2.42. The van der Waals surface area contributed by atoms with Crippen LogP contribution >= 0.6 is 0 Å². The van der Waals surface area contributed by atoms with Crippen molar-refractivity contribution >= 4 is 16.0 Å². The van der Waals surface area contributed by atoms with E-state index in [1.54, 1.807) is 0 Å². The SMILES string of the molecule is COC(=O)c1ccc(F)cc1S(=O)(=O)NCCCCO. The topological polar surface area (TPSA) is 92.7 Å². The maximum absolute atomic E-state index is 13.2. The molecule has 0 aromatic heterocycles. The number of ether oxygens (including phenoxy) is 1. The number of aliphatic hydroxyl groups excluding tert-OH is 1. The minimum Gasteiger partial charge on any atom is -0.465 e. The van der Waals surface area contributed by atoms with Crippen molar-refractivity contribution in [3.8, 4) is 0 Å². The number of rotatable bonds is 7. The van der Waals surface area contributed by atoms with Gasteiger partial charge in [0.25, 0.3) is 0 Å². The van der Waals surface area contributed by atoms with Gasteiger partial charge in [0.15, 0.2) is 0 Å². The molecule has 0 radical (unpaired) electrons. The number of carbonyl (C=O) groups is 1. The third-order valence-electron chi connectivity index (χ3n) is 2.52. The van der Waals surface area contributed by atoms with E-state index in [4.69, 9.17) is 5.11 Å². The molecule has 0 saturated heterocycles. The van der Waals surface area contributed by atoms with Gasteiger partial charge in [-0.2, -0.15) is 0 Å². The summed E-state index contributed by atoms with van der Waals surface area (Å²) in [5.74, 6) is -1.63. The maximum Gasteiger partial charge on any atom is 0.339 e. The van der Waals surface area contributed by atoms with Gasteiger partial charge in [0.2, 0.25) is 10.0 Å². The molecule has 0 aliphatic rings. The smallest absolute Gasteiger partial charge is 0.339 e. The van der Waals surface area contributed by atoms with E-state index >= 15 is 0 Å². The van der Waals surface area contributed by atoms with Crippen LogP contribution in [-0.4, -0.2) is 39.8 Å². The van der Waals surface area contributed by atoms with Gasteiger partial charge >= 0.3 is 5.97 Å². The fourth-order valence-corrected chi connectivity index (χ4v) is 2.80. The zero-order valence-electron chi connectivity index (χ0n) is 10.9. The third-order valence-corrected chi connectivity index (χ3v) is 4.02. The Morgan fingerprint density at radius 3 is 2.70 bits per heavy atom. The lowest BCUT2D eigenvalue weighted by atomic mass is 10.2. The largest absolute Gasteiger partial charge is 0.465 e. The highest BCUT2D eigenvalue weighted by Crippen LogP contribution is 2.18. The number of unbranched alkanes of at least 4 members (excludes halogenated alkanes) is 1. The van der Waals surface area contributed by atoms with Crippen molar-refractivity contribution in [2.45, 2.75) is 17.7 Å². The van der Waals surface area contributed by atoms with Crippen molar-refractivity contribution in [2.24, 2.45) is 0 Å². The first-order valence-corrected chi connectivity index (χ1v) is 7.39. The van der Waals surface area contributed by atoms with Gasteiger partial charge in [-0.25, -0.2) is 22.3 Å². The zero-order chi connectivity index (χ0) is 15.2. The Morgan fingerprint density at radius 2 is 2.10 bits per heavy atom. The molecule has 20 heavy (non-hydrogen) atoms. The van der Waals surface area contributed by atoms with Gasteiger partial charge in [-0.15, -0.1) is 0 Å². The van der Waals surface area contributed by atoms with Crippen LogP contribution in [0.25, 0.3) is 0 Å². The molecule has 1 aromatic rings. The number of nitrogens with one attached hydrogen (secondary N) is 1.